The fourth-order valence-corrected chi connectivity index (χ4v) is 1.48. The molecule has 1 aromatic carbocycles. The predicted molar refractivity (Wildman–Crippen MR) is 63.3 cm³/mol. The molecule has 5 heteroatoms. The maximum atomic E-state index is 12.8. The van der Waals surface area contributed by atoms with E-state index < -0.39 is 11.6 Å². The van der Waals surface area contributed by atoms with E-state index in [1.54, 1.807) is 0 Å². The monoisotopic (exact) mass is 244 g/mol. The van der Waals surface area contributed by atoms with Gasteiger partial charge in [-0.1, -0.05) is 5.16 Å². The number of hydrogen-bond donors (Lipinski definition) is 1. The second kappa shape index (κ2) is 5.18. The summed E-state index contributed by atoms with van der Waals surface area (Å²) in [5.74, 6) is -0.876. The van der Waals surface area contributed by atoms with Crippen LogP contribution in [0.15, 0.2) is 53.9 Å². The van der Waals surface area contributed by atoms with Crippen molar-refractivity contribution in [2.24, 2.45) is 5.16 Å². The summed E-state index contributed by atoms with van der Waals surface area (Å²) >= 11 is 0. The smallest absolute Gasteiger partial charge is 0.215 e. The third-order valence-electron chi connectivity index (χ3n) is 2.38. The third-order valence-corrected chi connectivity index (χ3v) is 2.38. The molecule has 4 nitrogen and oxygen atoms in total. The SMILES string of the molecule is O=C(/C(=N\O)c1ccc(F)cc1)c1ccncc1. The molecule has 2 aromatic rings. The minimum Gasteiger partial charge on any atom is -0.410 e. The molecule has 1 N–H and O–H groups in total. The summed E-state index contributed by atoms with van der Waals surface area (Å²) in [6.45, 7) is 0. The van der Waals surface area contributed by atoms with E-state index in [2.05, 4.69) is 10.1 Å². The number of carbonyl (C=O) groups is 1. The van der Waals surface area contributed by atoms with Crippen LogP contribution in [0.4, 0.5) is 4.39 Å². The first-order valence-corrected chi connectivity index (χ1v) is 5.15. The maximum absolute atomic E-state index is 12.8. The Labute approximate surface area is 102 Å². The van der Waals surface area contributed by atoms with E-state index in [0.717, 1.165) is 0 Å². The van der Waals surface area contributed by atoms with Crippen LogP contribution in [-0.2, 0) is 0 Å². The zero-order chi connectivity index (χ0) is 13.0. The highest BCUT2D eigenvalue weighted by atomic mass is 19.1. The number of halogens is 1. The summed E-state index contributed by atoms with van der Waals surface area (Å²) in [5, 5.41) is 11.9. The number of ketones is 1. The van der Waals surface area contributed by atoms with Gasteiger partial charge >= 0.3 is 0 Å². The molecule has 0 amide bonds. The lowest BCUT2D eigenvalue weighted by molar-refractivity contribution is 0.106. The number of oxime groups is 1. The van der Waals surface area contributed by atoms with Crippen molar-refractivity contribution in [1.82, 2.24) is 4.98 Å². The Morgan fingerprint density at radius 1 is 1.06 bits per heavy atom. The van der Waals surface area contributed by atoms with Crippen LogP contribution in [0.5, 0.6) is 0 Å². The molecule has 2 rings (SSSR count). The number of nitrogens with zero attached hydrogens (tertiary/aromatic N) is 2. The van der Waals surface area contributed by atoms with Crippen LogP contribution in [-0.4, -0.2) is 21.7 Å². The van der Waals surface area contributed by atoms with Crippen LogP contribution < -0.4 is 0 Å². The fraction of sp³-hybridized carbons (Fsp3) is 0. The maximum Gasteiger partial charge on any atom is 0.215 e. The number of aromatic nitrogens is 1. The van der Waals surface area contributed by atoms with Gasteiger partial charge in [0.05, 0.1) is 0 Å². The molecule has 0 atom stereocenters. The van der Waals surface area contributed by atoms with Gasteiger partial charge in [-0.25, -0.2) is 4.39 Å². The number of rotatable bonds is 3. The van der Waals surface area contributed by atoms with E-state index in [4.69, 9.17) is 5.21 Å². The Bertz CT molecular complexity index is 580. The Morgan fingerprint density at radius 2 is 1.67 bits per heavy atom. The minimum absolute atomic E-state index is 0.138. The van der Waals surface area contributed by atoms with Gasteiger partial charge in [-0.05, 0) is 36.4 Å². The van der Waals surface area contributed by atoms with E-state index in [1.807, 2.05) is 0 Å². The predicted octanol–water partition coefficient (Wildman–Crippen LogP) is 2.28. The van der Waals surface area contributed by atoms with Crippen LogP contribution >= 0.6 is 0 Å². The molecule has 0 bridgehead atoms. The van der Waals surface area contributed by atoms with Gasteiger partial charge in [0, 0.05) is 23.5 Å². The van der Waals surface area contributed by atoms with Gasteiger partial charge in [0.25, 0.3) is 0 Å². The van der Waals surface area contributed by atoms with Crippen molar-refractivity contribution in [1.29, 1.82) is 0 Å². The molecule has 0 saturated carbocycles. The lowest BCUT2D eigenvalue weighted by Crippen LogP contribution is -2.16. The molecular formula is C13H9FN2O2. The summed E-state index contributed by atoms with van der Waals surface area (Å²) in [6.07, 6.45) is 2.93. The van der Waals surface area contributed by atoms with Crippen molar-refractivity contribution in [3.8, 4) is 0 Å². The first kappa shape index (κ1) is 11.9. The van der Waals surface area contributed by atoms with E-state index >= 15 is 0 Å². The largest absolute Gasteiger partial charge is 0.410 e. The highest BCUT2D eigenvalue weighted by Crippen LogP contribution is 2.09. The minimum atomic E-state index is -0.452. The lowest BCUT2D eigenvalue weighted by Gasteiger charge is -2.03. The first-order chi connectivity index (χ1) is 8.72. The highest BCUT2D eigenvalue weighted by molar-refractivity contribution is 6.51. The van der Waals surface area contributed by atoms with Crippen LogP contribution in [0.1, 0.15) is 15.9 Å². The molecule has 0 unspecified atom stereocenters. The average Bonchev–Trinajstić information content (AvgIpc) is 2.42. The van der Waals surface area contributed by atoms with Crippen molar-refractivity contribution in [3.63, 3.8) is 0 Å². The lowest BCUT2D eigenvalue weighted by atomic mass is 10.0. The molecule has 1 heterocycles. The first-order valence-electron chi connectivity index (χ1n) is 5.15. The summed E-state index contributed by atoms with van der Waals surface area (Å²) in [6, 6.07) is 8.17. The Kier molecular flexibility index (Phi) is 3.43. The van der Waals surface area contributed by atoms with Crippen molar-refractivity contribution in [3.05, 3.63) is 65.7 Å². The van der Waals surface area contributed by atoms with Crippen LogP contribution in [0.2, 0.25) is 0 Å². The molecule has 0 aliphatic carbocycles. The Hall–Kier alpha value is -2.56. The number of hydrogen-bond acceptors (Lipinski definition) is 4. The zero-order valence-electron chi connectivity index (χ0n) is 9.25. The van der Waals surface area contributed by atoms with E-state index in [1.165, 1.54) is 48.8 Å². The molecule has 0 saturated heterocycles. The Morgan fingerprint density at radius 3 is 2.22 bits per heavy atom. The van der Waals surface area contributed by atoms with Crippen LogP contribution in [0.3, 0.4) is 0 Å². The van der Waals surface area contributed by atoms with Gasteiger partial charge in [-0.15, -0.1) is 0 Å². The van der Waals surface area contributed by atoms with Gasteiger partial charge < -0.3 is 5.21 Å². The molecule has 0 spiro atoms. The summed E-state index contributed by atoms with van der Waals surface area (Å²) < 4.78 is 12.8. The van der Waals surface area contributed by atoms with Crippen molar-refractivity contribution < 1.29 is 14.4 Å². The van der Waals surface area contributed by atoms with Crippen molar-refractivity contribution in [2.45, 2.75) is 0 Å². The summed E-state index contributed by atoms with van der Waals surface area (Å²) in [5.41, 5.74) is 0.559. The number of carbonyl (C=O) groups excluding carboxylic acids is 1. The van der Waals surface area contributed by atoms with Gasteiger partial charge in [0.1, 0.15) is 5.82 Å². The van der Waals surface area contributed by atoms with Crippen LogP contribution in [0.25, 0.3) is 0 Å². The molecule has 0 aliphatic rings. The molecule has 18 heavy (non-hydrogen) atoms. The Balaban J connectivity index is 2.36. The second-order valence-electron chi connectivity index (χ2n) is 3.52. The highest BCUT2D eigenvalue weighted by Gasteiger charge is 2.16. The average molecular weight is 244 g/mol. The second-order valence-corrected chi connectivity index (χ2v) is 3.52. The zero-order valence-corrected chi connectivity index (χ0v) is 9.25. The van der Waals surface area contributed by atoms with Crippen molar-refractivity contribution in [2.75, 3.05) is 0 Å². The number of benzene rings is 1. The van der Waals surface area contributed by atoms with Crippen molar-refractivity contribution >= 4 is 11.5 Å². The van der Waals surface area contributed by atoms with E-state index in [9.17, 15) is 9.18 Å². The quantitative estimate of drug-likeness (QED) is 0.390. The van der Waals surface area contributed by atoms with Crippen LogP contribution in [0, 0.1) is 5.82 Å². The fourth-order valence-electron chi connectivity index (χ4n) is 1.48. The van der Waals surface area contributed by atoms with Gasteiger partial charge in [-0.2, -0.15) is 0 Å². The molecule has 90 valence electrons. The molecule has 0 radical (unpaired) electrons. The van der Waals surface area contributed by atoms with Gasteiger partial charge in [0.2, 0.25) is 5.78 Å². The topological polar surface area (TPSA) is 62.5 Å². The third kappa shape index (κ3) is 2.40. The number of pyridine rings is 1. The normalized spacial score (nSPS) is 11.3. The van der Waals surface area contributed by atoms with Gasteiger partial charge in [-0.3, -0.25) is 9.78 Å². The standard InChI is InChI=1S/C13H9FN2O2/c14-11-3-1-9(2-4-11)12(16-18)13(17)10-5-7-15-8-6-10/h1-8,18H/b16-12-. The summed E-state index contributed by atoms with van der Waals surface area (Å²) in [7, 11) is 0. The molecule has 0 fully saturated rings. The molecule has 1 aromatic heterocycles. The summed E-state index contributed by atoms with van der Waals surface area (Å²) in [4.78, 5) is 15.8. The van der Waals surface area contributed by atoms with Gasteiger partial charge in [0.15, 0.2) is 5.71 Å². The molecule has 0 aliphatic heterocycles. The van der Waals surface area contributed by atoms with E-state index in [-0.39, 0.29) is 5.71 Å². The van der Waals surface area contributed by atoms with E-state index in [0.29, 0.717) is 11.1 Å². The number of Topliss-reactive ketones (excluding diaryl/α,β-unsaturated/α-hetero) is 1. The molecular weight excluding hydrogens is 235 g/mol.